The average molecular weight is 350 g/mol. The maximum atomic E-state index is 12.2. The molecule has 1 fully saturated rings. The van der Waals surface area contributed by atoms with Crippen molar-refractivity contribution >= 4 is 31.6 Å². The number of nitrogens with one attached hydrogen (secondary N) is 2. The normalized spacial score (nSPS) is 19.5. The van der Waals surface area contributed by atoms with Crippen LogP contribution in [-0.4, -0.2) is 32.5 Å². The minimum absolute atomic E-state index is 0.228. The van der Waals surface area contributed by atoms with Crippen LogP contribution in [0.4, 0.5) is 5.69 Å². The van der Waals surface area contributed by atoms with Gasteiger partial charge in [-0.1, -0.05) is 15.9 Å². The summed E-state index contributed by atoms with van der Waals surface area (Å²) in [7, 11) is -3.89. The Bertz CT molecular complexity index is 599. The third-order valence-electron chi connectivity index (χ3n) is 2.79. The molecule has 9 heteroatoms. The van der Waals surface area contributed by atoms with E-state index in [1.807, 2.05) is 0 Å². The molecule has 1 unspecified atom stereocenters. The van der Waals surface area contributed by atoms with Crippen molar-refractivity contribution in [3.63, 3.8) is 0 Å². The fraction of sp³-hybridized carbons (Fsp3) is 0.400. The van der Waals surface area contributed by atoms with E-state index in [9.17, 15) is 18.5 Å². The number of nitro groups is 1. The minimum Gasteiger partial charge on any atom is -0.315 e. The van der Waals surface area contributed by atoms with Crippen LogP contribution in [0.1, 0.15) is 6.42 Å². The van der Waals surface area contributed by atoms with Crippen LogP contribution in [0.15, 0.2) is 27.6 Å². The van der Waals surface area contributed by atoms with Crippen molar-refractivity contribution in [1.82, 2.24) is 10.0 Å². The SMILES string of the molecule is O=[N+]([O-])c1cc(Br)ccc1S(=O)(=O)NC1CCNC1. The second-order valence-electron chi connectivity index (χ2n) is 4.18. The zero-order chi connectivity index (χ0) is 14.0. The van der Waals surface area contributed by atoms with Gasteiger partial charge in [0, 0.05) is 23.1 Å². The molecule has 1 saturated heterocycles. The highest BCUT2D eigenvalue weighted by Crippen LogP contribution is 2.27. The van der Waals surface area contributed by atoms with E-state index in [0.717, 1.165) is 6.54 Å². The summed E-state index contributed by atoms with van der Waals surface area (Å²) in [6, 6.07) is 3.65. The van der Waals surface area contributed by atoms with Gasteiger partial charge in [0.15, 0.2) is 4.90 Å². The Morgan fingerprint density at radius 2 is 2.21 bits per heavy atom. The van der Waals surface area contributed by atoms with Crippen molar-refractivity contribution in [2.45, 2.75) is 17.4 Å². The summed E-state index contributed by atoms with van der Waals surface area (Å²) < 4.78 is 27.3. The van der Waals surface area contributed by atoms with Gasteiger partial charge in [0.1, 0.15) is 0 Å². The number of nitrogens with zero attached hydrogens (tertiary/aromatic N) is 1. The molecule has 0 spiro atoms. The molecule has 1 atom stereocenters. The summed E-state index contributed by atoms with van der Waals surface area (Å²) in [6.07, 6.45) is 0.670. The summed E-state index contributed by atoms with van der Waals surface area (Å²) in [4.78, 5) is 9.92. The quantitative estimate of drug-likeness (QED) is 0.623. The van der Waals surface area contributed by atoms with E-state index >= 15 is 0 Å². The lowest BCUT2D eigenvalue weighted by Gasteiger charge is -2.12. The van der Waals surface area contributed by atoms with E-state index < -0.39 is 20.6 Å². The lowest BCUT2D eigenvalue weighted by atomic mass is 10.3. The number of nitro benzene ring substituents is 1. The number of halogens is 1. The molecule has 0 radical (unpaired) electrons. The van der Waals surface area contributed by atoms with E-state index in [1.54, 1.807) is 0 Å². The molecule has 1 aliphatic rings. The number of benzene rings is 1. The van der Waals surface area contributed by atoms with Crippen LogP contribution in [-0.2, 0) is 10.0 Å². The van der Waals surface area contributed by atoms with Crippen molar-refractivity contribution < 1.29 is 13.3 Å². The molecule has 0 saturated carbocycles. The Morgan fingerprint density at radius 3 is 2.79 bits per heavy atom. The molecule has 1 aromatic rings. The van der Waals surface area contributed by atoms with Gasteiger partial charge in [0.05, 0.1) is 4.92 Å². The summed E-state index contributed by atoms with van der Waals surface area (Å²) >= 11 is 3.09. The summed E-state index contributed by atoms with van der Waals surface area (Å²) in [6.45, 7) is 1.26. The zero-order valence-corrected chi connectivity index (χ0v) is 12.2. The van der Waals surface area contributed by atoms with Gasteiger partial charge in [-0.05, 0) is 25.1 Å². The lowest BCUT2D eigenvalue weighted by Crippen LogP contribution is -2.36. The number of hydrogen-bond acceptors (Lipinski definition) is 5. The fourth-order valence-corrected chi connectivity index (χ4v) is 3.67. The molecular formula is C10H12BrN3O4S. The van der Waals surface area contributed by atoms with E-state index in [0.29, 0.717) is 17.4 Å². The molecule has 1 aromatic carbocycles. The van der Waals surface area contributed by atoms with E-state index in [-0.39, 0.29) is 10.9 Å². The molecule has 1 heterocycles. The van der Waals surface area contributed by atoms with E-state index in [1.165, 1.54) is 18.2 Å². The Balaban J connectivity index is 2.36. The minimum atomic E-state index is -3.89. The van der Waals surface area contributed by atoms with Crippen LogP contribution < -0.4 is 10.0 Å². The smallest absolute Gasteiger partial charge is 0.290 e. The van der Waals surface area contributed by atoms with Crippen molar-refractivity contribution in [3.8, 4) is 0 Å². The van der Waals surface area contributed by atoms with Gasteiger partial charge in [0.25, 0.3) is 5.69 Å². The molecule has 0 amide bonds. The van der Waals surface area contributed by atoms with E-state index in [2.05, 4.69) is 26.0 Å². The highest BCUT2D eigenvalue weighted by molar-refractivity contribution is 9.10. The third kappa shape index (κ3) is 3.30. The van der Waals surface area contributed by atoms with Gasteiger partial charge in [-0.15, -0.1) is 0 Å². The highest BCUT2D eigenvalue weighted by atomic mass is 79.9. The highest BCUT2D eigenvalue weighted by Gasteiger charge is 2.29. The maximum absolute atomic E-state index is 12.2. The Hall–Kier alpha value is -1.03. The Kier molecular flexibility index (Phi) is 4.19. The molecule has 1 aliphatic heterocycles. The molecule has 0 bridgehead atoms. The largest absolute Gasteiger partial charge is 0.315 e. The second-order valence-corrected chi connectivity index (χ2v) is 6.78. The first-order chi connectivity index (χ1) is 8.90. The van der Waals surface area contributed by atoms with E-state index in [4.69, 9.17) is 0 Å². The van der Waals surface area contributed by atoms with Gasteiger partial charge in [-0.2, -0.15) is 0 Å². The first kappa shape index (κ1) is 14.4. The molecule has 2 rings (SSSR count). The molecule has 2 N–H and O–H groups in total. The predicted octanol–water partition coefficient (Wildman–Crippen LogP) is 0.998. The standard InChI is InChI=1S/C10H12BrN3O4S/c11-7-1-2-10(9(5-7)14(15)16)19(17,18)13-8-3-4-12-6-8/h1-2,5,8,12-13H,3-4,6H2. The van der Waals surface area contributed by atoms with Crippen LogP contribution in [0, 0.1) is 10.1 Å². The summed E-state index contributed by atoms with van der Waals surface area (Å²) in [5.74, 6) is 0. The molecular weight excluding hydrogens is 338 g/mol. The zero-order valence-electron chi connectivity index (χ0n) is 9.80. The number of hydrogen-bond donors (Lipinski definition) is 2. The average Bonchev–Trinajstić information content (AvgIpc) is 2.80. The Morgan fingerprint density at radius 1 is 1.47 bits per heavy atom. The Labute approximate surface area is 118 Å². The molecule has 0 aromatic heterocycles. The predicted molar refractivity (Wildman–Crippen MR) is 72.4 cm³/mol. The number of sulfonamides is 1. The van der Waals surface area contributed by atoms with Crippen molar-refractivity contribution in [1.29, 1.82) is 0 Å². The summed E-state index contributed by atoms with van der Waals surface area (Å²) in [5, 5.41) is 14.0. The molecule has 19 heavy (non-hydrogen) atoms. The first-order valence-electron chi connectivity index (χ1n) is 5.57. The van der Waals surface area contributed by atoms with Gasteiger partial charge in [-0.25, -0.2) is 13.1 Å². The third-order valence-corrected chi connectivity index (χ3v) is 4.85. The monoisotopic (exact) mass is 349 g/mol. The van der Waals surface area contributed by atoms with Gasteiger partial charge < -0.3 is 5.32 Å². The fourth-order valence-electron chi connectivity index (χ4n) is 1.90. The van der Waals surface area contributed by atoms with Crippen LogP contribution >= 0.6 is 15.9 Å². The molecule has 7 nitrogen and oxygen atoms in total. The van der Waals surface area contributed by atoms with Gasteiger partial charge in [-0.3, -0.25) is 10.1 Å². The molecule has 0 aliphatic carbocycles. The second kappa shape index (κ2) is 5.53. The van der Waals surface area contributed by atoms with Crippen LogP contribution in [0.5, 0.6) is 0 Å². The maximum Gasteiger partial charge on any atom is 0.290 e. The summed E-state index contributed by atoms with van der Waals surface area (Å²) in [5.41, 5.74) is -0.437. The van der Waals surface area contributed by atoms with Crippen LogP contribution in [0.25, 0.3) is 0 Å². The number of rotatable bonds is 4. The van der Waals surface area contributed by atoms with Crippen LogP contribution in [0.2, 0.25) is 0 Å². The lowest BCUT2D eigenvalue weighted by molar-refractivity contribution is -0.387. The van der Waals surface area contributed by atoms with Crippen molar-refractivity contribution in [3.05, 3.63) is 32.8 Å². The van der Waals surface area contributed by atoms with Crippen molar-refractivity contribution in [2.75, 3.05) is 13.1 Å². The van der Waals surface area contributed by atoms with Crippen LogP contribution in [0.3, 0.4) is 0 Å². The van der Waals surface area contributed by atoms with Gasteiger partial charge >= 0.3 is 0 Å². The topological polar surface area (TPSA) is 101 Å². The van der Waals surface area contributed by atoms with Crippen molar-refractivity contribution in [2.24, 2.45) is 0 Å². The van der Waals surface area contributed by atoms with Gasteiger partial charge in [0.2, 0.25) is 10.0 Å². The molecule has 104 valence electrons. The first-order valence-corrected chi connectivity index (χ1v) is 7.85.